The topological polar surface area (TPSA) is 73.3 Å². The number of aryl methyl sites for hydroxylation is 1. The third-order valence-corrected chi connectivity index (χ3v) is 3.01. The van der Waals surface area contributed by atoms with E-state index in [9.17, 15) is 4.79 Å². The molecule has 0 bridgehead atoms. The summed E-state index contributed by atoms with van der Waals surface area (Å²) < 4.78 is 1.66. The zero-order valence-electron chi connectivity index (χ0n) is 10.4. The fraction of sp³-hybridized carbons (Fsp3) is 0.0714. The highest BCUT2D eigenvalue weighted by molar-refractivity contribution is 5.91. The maximum absolute atomic E-state index is 11.2. The molecule has 3 rings (SSSR count). The van der Waals surface area contributed by atoms with Crippen LogP contribution in [-0.4, -0.2) is 20.5 Å². The zero-order valence-corrected chi connectivity index (χ0v) is 10.4. The first-order chi connectivity index (χ1) is 9.16. The first-order valence-electron chi connectivity index (χ1n) is 5.88. The van der Waals surface area contributed by atoms with Crippen LogP contribution in [0, 0.1) is 6.92 Å². The molecule has 94 valence electrons. The van der Waals surface area contributed by atoms with E-state index < -0.39 is 5.91 Å². The van der Waals surface area contributed by atoms with Gasteiger partial charge in [0, 0.05) is 17.3 Å². The number of primary amides is 1. The number of carbonyl (C=O) groups excluding carboxylic acids is 1. The van der Waals surface area contributed by atoms with Crippen molar-refractivity contribution >= 4 is 11.6 Å². The molecule has 0 aliphatic heterocycles. The molecule has 1 aromatic carbocycles. The highest BCUT2D eigenvalue weighted by atomic mass is 16.1. The summed E-state index contributed by atoms with van der Waals surface area (Å²) in [6.45, 7) is 1.93. The summed E-state index contributed by atoms with van der Waals surface area (Å²) in [5.41, 5.74) is 8.94. The van der Waals surface area contributed by atoms with Crippen LogP contribution in [-0.2, 0) is 0 Å². The van der Waals surface area contributed by atoms with E-state index in [2.05, 4.69) is 10.1 Å². The number of carbonyl (C=O) groups is 1. The standard InChI is InChI=1S/C14H12N4O/c1-9-12(10-5-3-2-4-6-10)17-18-8-7-11(13(15)19)16-14(9)18/h2-8H,1H3,(H2,15,19). The Hall–Kier alpha value is -2.69. The van der Waals surface area contributed by atoms with Crippen LogP contribution in [0.25, 0.3) is 16.9 Å². The Morgan fingerprint density at radius 1 is 1.21 bits per heavy atom. The van der Waals surface area contributed by atoms with E-state index in [1.807, 2.05) is 37.3 Å². The molecule has 0 atom stereocenters. The van der Waals surface area contributed by atoms with Gasteiger partial charge >= 0.3 is 0 Å². The van der Waals surface area contributed by atoms with Gasteiger partial charge in [0.2, 0.25) is 0 Å². The number of benzene rings is 1. The van der Waals surface area contributed by atoms with Gasteiger partial charge < -0.3 is 5.73 Å². The minimum absolute atomic E-state index is 0.245. The third kappa shape index (κ3) is 1.85. The summed E-state index contributed by atoms with van der Waals surface area (Å²) in [5.74, 6) is -0.538. The van der Waals surface area contributed by atoms with Gasteiger partial charge in [-0.25, -0.2) is 9.50 Å². The fourth-order valence-corrected chi connectivity index (χ4v) is 2.05. The van der Waals surface area contributed by atoms with Gasteiger partial charge in [-0.3, -0.25) is 4.79 Å². The molecule has 19 heavy (non-hydrogen) atoms. The van der Waals surface area contributed by atoms with Crippen molar-refractivity contribution in [2.75, 3.05) is 0 Å². The van der Waals surface area contributed by atoms with Crippen LogP contribution in [0.2, 0.25) is 0 Å². The maximum Gasteiger partial charge on any atom is 0.267 e. The van der Waals surface area contributed by atoms with E-state index in [0.29, 0.717) is 5.65 Å². The average Bonchev–Trinajstić information content (AvgIpc) is 2.77. The van der Waals surface area contributed by atoms with E-state index in [0.717, 1.165) is 16.8 Å². The first-order valence-corrected chi connectivity index (χ1v) is 5.88. The lowest BCUT2D eigenvalue weighted by molar-refractivity contribution is 0.0995. The van der Waals surface area contributed by atoms with E-state index >= 15 is 0 Å². The maximum atomic E-state index is 11.2. The average molecular weight is 252 g/mol. The van der Waals surface area contributed by atoms with Gasteiger partial charge in [0.25, 0.3) is 5.91 Å². The Labute approximate surface area is 109 Å². The number of nitrogens with two attached hydrogens (primary N) is 1. The van der Waals surface area contributed by atoms with Crippen molar-refractivity contribution in [1.29, 1.82) is 0 Å². The van der Waals surface area contributed by atoms with Gasteiger partial charge in [0.05, 0.1) is 5.69 Å². The number of rotatable bonds is 2. The minimum Gasteiger partial charge on any atom is -0.364 e. The van der Waals surface area contributed by atoms with Crippen LogP contribution in [0.15, 0.2) is 42.6 Å². The Morgan fingerprint density at radius 2 is 1.95 bits per heavy atom. The molecule has 5 heteroatoms. The second-order valence-electron chi connectivity index (χ2n) is 4.28. The Morgan fingerprint density at radius 3 is 2.63 bits per heavy atom. The molecule has 3 aromatic rings. The van der Waals surface area contributed by atoms with Gasteiger partial charge in [-0.2, -0.15) is 5.10 Å². The Balaban J connectivity index is 2.24. The SMILES string of the molecule is Cc1c(-c2ccccc2)nn2ccc(C(N)=O)nc12. The summed E-state index contributed by atoms with van der Waals surface area (Å²) in [4.78, 5) is 15.4. The lowest BCUT2D eigenvalue weighted by atomic mass is 10.1. The van der Waals surface area contributed by atoms with Gasteiger partial charge in [0.1, 0.15) is 5.69 Å². The van der Waals surface area contributed by atoms with Gasteiger partial charge in [-0.1, -0.05) is 30.3 Å². The monoisotopic (exact) mass is 252 g/mol. The van der Waals surface area contributed by atoms with E-state index in [-0.39, 0.29) is 5.69 Å². The second kappa shape index (κ2) is 4.20. The minimum atomic E-state index is -0.538. The zero-order chi connectivity index (χ0) is 13.4. The molecule has 0 aliphatic carbocycles. The van der Waals surface area contributed by atoms with Crippen LogP contribution >= 0.6 is 0 Å². The number of hydrogen-bond donors (Lipinski definition) is 1. The first kappa shape index (κ1) is 11.4. The summed E-state index contributed by atoms with van der Waals surface area (Å²) in [6, 6.07) is 11.4. The molecule has 5 nitrogen and oxygen atoms in total. The summed E-state index contributed by atoms with van der Waals surface area (Å²) in [6.07, 6.45) is 1.70. The van der Waals surface area contributed by atoms with Crippen LogP contribution in [0.5, 0.6) is 0 Å². The second-order valence-corrected chi connectivity index (χ2v) is 4.28. The molecule has 0 fully saturated rings. The van der Waals surface area contributed by atoms with Gasteiger partial charge in [0.15, 0.2) is 5.65 Å². The smallest absolute Gasteiger partial charge is 0.267 e. The van der Waals surface area contributed by atoms with Crippen molar-refractivity contribution in [2.24, 2.45) is 5.73 Å². The molecule has 0 radical (unpaired) electrons. The van der Waals surface area contributed by atoms with Crippen LogP contribution in [0.4, 0.5) is 0 Å². The predicted octanol–water partition coefficient (Wildman–Crippen LogP) is 1.80. The Bertz CT molecular complexity index is 762. The van der Waals surface area contributed by atoms with E-state index in [4.69, 9.17) is 5.73 Å². The molecule has 0 saturated heterocycles. The lowest BCUT2D eigenvalue weighted by Crippen LogP contribution is -2.13. The lowest BCUT2D eigenvalue weighted by Gasteiger charge is -1.97. The van der Waals surface area contributed by atoms with Crippen molar-refractivity contribution in [3.05, 3.63) is 53.9 Å². The molecule has 2 heterocycles. The normalized spacial score (nSPS) is 10.8. The number of fused-ring (bicyclic) bond motifs is 1. The van der Waals surface area contributed by atoms with Crippen molar-refractivity contribution in [3.63, 3.8) is 0 Å². The summed E-state index contributed by atoms with van der Waals surface area (Å²) >= 11 is 0. The molecule has 0 saturated carbocycles. The summed E-state index contributed by atoms with van der Waals surface area (Å²) in [5, 5.41) is 4.48. The molecule has 0 spiro atoms. The largest absolute Gasteiger partial charge is 0.364 e. The fourth-order valence-electron chi connectivity index (χ4n) is 2.05. The number of aromatic nitrogens is 3. The molecule has 0 unspecified atom stereocenters. The highest BCUT2D eigenvalue weighted by Gasteiger charge is 2.13. The molecule has 2 N–H and O–H groups in total. The van der Waals surface area contributed by atoms with Crippen molar-refractivity contribution in [3.8, 4) is 11.3 Å². The highest BCUT2D eigenvalue weighted by Crippen LogP contribution is 2.24. The van der Waals surface area contributed by atoms with Crippen molar-refractivity contribution < 1.29 is 4.79 Å². The van der Waals surface area contributed by atoms with Gasteiger partial charge in [-0.05, 0) is 13.0 Å². The third-order valence-electron chi connectivity index (χ3n) is 3.01. The molecule has 0 aliphatic rings. The summed E-state index contributed by atoms with van der Waals surface area (Å²) in [7, 11) is 0. The van der Waals surface area contributed by atoms with Crippen LogP contribution in [0.1, 0.15) is 16.1 Å². The molecular weight excluding hydrogens is 240 g/mol. The Kier molecular flexibility index (Phi) is 2.52. The predicted molar refractivity (Wildman–Crippen MR) is 71.7 cm³/mol. The number of nitrogens with zero attached hydrogens (tertiary/aromatic N) is 3. The molecule has 2 aromatic heterocycles. The van der Waals surface area contributed by atoms with Gasteiger partial charge in [-0.15, -0.1) is 0 Å². The van der Waals surface area contributed by atoms with Crippen LogP contribution in [0.3, 0.4) is 0 Å². The van der Waals surface area contributed by atoms with E-state index in [1.54, 1.807) is 16.8 Å². The molecule has 1 amide bonds. The molecular formula is C14H12N4O. The number of amides is 1. The van der Waals surface area contributed by atoms with E-state index in [1.165, 1.54) is 0 Å². The van der Waals surface area contributed by atoms with Crippen molar-refractivity contribution in [1.82, 2.24) is 14.6 Å². The van der Waals surface area contributed by atoms with Crippen molar-refractivity contribution in [2.45, 2.75) is 6.92 Å². The number of hydrogen-bond acceptors (Lipinski definition) is 3. The quantitative estimate of drug-likeness (QED) is 0.755. The van der Waals surface area contributed by atoms with Crippen LogP contribution < -0.4 is 5.73 Å².